The molecule has 2 aromatic carbocycles. The molecule has 0 saturated carbocycles. The quantitative estimate of drug-likeness (QED) is 0.368. The Balaban J connectivity index is 1.58. The third-order valence-electron chi connectivity index (χ3n) is 5.19. The van der Waals surface area contributed by atoms with E-state index in [1.54, 1.807) is 42.5 Å². The lowest BCUT2D eigenvalue weighted by Gasteiger charge is -2.18. The summed E-state index contributed by atoms with van der Waals surface area (Å²) in [5, 5.41) is 0.543. The molecule has 2 aliphatic heterocycles. The maximum atomic E-state index is 12.5. The average molecular weight is 439 g/mol. The van der Waals surface area contributed by atoms with Crippen molar-refractivity contribution in [1.29, 1.82) is 0 Å². The van der Waals surface area contributed by atoms with Crippen molar-refractivity contribution in [3.8, 4) is 11.5 Å². The average Bonchev–Trinajstić information content (AvgIpc) is 2.91. The van der Waals surface area contributed by atoms with Gasteiger partial charge in [0.15, 0.2) is 11.5 Å². The second kappa shape index (κ2) is 9.35. The minimum Gasteiger partial charge on any atom is -0.490 e. The second-order valence-corrected chi connectivity index (χ2v) is 7.80. The normalized spacial score (nSPS) is 17.2. The molecule has 0 spiro atoms. The van der Waals surface area contributed by atoms with E-state index in [0.29, 0.717) is 34.4 Å². The monoisotopic (exact) mass is 438 g/mol. The van der Waals surface area contributed by atoms with E-state index in [4.69, 9.17) is 21.1 Å². The Kier molecular flexibility index (Phi) is 6.37. The number of rotatable bonds is 5. The summed E-state index contributed by atoms with van der Waals surface area (Å²) in [5.41, 5.74) is 1.74. The highest BCUT2D eigenvalue weighted by atomic mass is 35.5. The highest BCUT2D eigenvalue weighted by molar-refractivity contribution is 6.30. The van der Waals surface area contributed by atoms with Gasteiger partial charge in [0.25, 0.3) is 5.91 Å². The number of amides is 1. The van der Waals surface area contributed by atoms with E-state index < -0.39 is 5.97 Å². The second-order valence-electron chi connectivity index (χ2n) is 7.36. The molecule has 0 aromatic heterocycles. The number of nitrogens with zero attached hydrogens (tertiary/aromatic N) is 2. The molecule has 4 rings (SSSR count). The van der Waals surface area contributed by atoms with E-state index in [0.717, 1.165) is 43.6 Å². The van der Waals surface area contributed by atoms with Crippen LogP contribution in [0.5, 0.6) is 11.5 Å². The molecule has 0 radical (unpaired) electrons. The summed E-state index contributed by atoms with van der Waals surface area (Å²) < 4.78 is 11.2. The van der Waals surface area contributed by atoms with Gasteiger partial charge < -0.3 is 14.4 Å². The third-order valence-corrected chi connectivity index (χ3v) is 5.44. The van der Waals surface area contributed by atoms with Crippen LogP contribution in [0, 0.1) is 0 Å². The first-order chi connectivity index (χ1) is 15.0. The van der Waals surface area contributed by atoms with Crippen LogP contribution in [0.1, 0.15) is 48.5 Å². The van der Waals surface area contributed by atoms with Gasteiger partial charge in [0, 0.05) is 18.0 Å². The fraction of sp³-hybridized carbons (Fsp3) is 0.292. The first-order valence-electron chi connectivity index (χ1n) is 10.4. The van der Waals surface area contributed by atoms with E-state index in [-0.39, 0.29) is 5.91 Å². The van der Waals surface area contributed by atoms with E-state index >= 15 is 0 Å². The predicted octanol–water partition coefficient (Wildman–Crippen LogP) is 5.11. The van der Waals surface area contributed by atoms with Crippen molar-refractivity contribution in [2.75, 3.05) is 13.2 Å². The summed E-state index contributed by atoms with van der Waals surface area (Å²) in [4.78, 5) is 31.2. The van der Waals surface area contributed by atoms with Crippen molar-refractivity contribution in [3.05, 3.63) is 64.3 Å². The maximum Gasteiger partial charge on any atom is 0.343 e. The Bertz CT molecular complexity index is 1060. The zero-order valence-electron chi connectivity index (χ0n) is 17.3. The number of halogens is 1. The minimum absolute atomic E-state index is 0.215. The van der Waals surface area contributed by atoms with Crippen LogP contribution in [0.15, 0.2) is 53.2 Å². The molecule has 0 bridgehead atoms. The number of benzene rings is 2. The molecule has 2 heterocycles. The van der Waals surface area contributed by atoms with Crippen molar-refractivity contribution in [1.82, 2.24) is 4.90 Å². The Morgan fingerprint density at radius 2 is 1.94 bits per heavy atom. The molecule has 1 saturated heterocycles. The van der Waals surface area contributed by atoms with E-state index in [1.165, 1.54) is 0 Å². The molecule has 160 valence electrons. The summed E-state index contributed by atoms with van der Waals surface area (Å²) in [5.74, 6) is 0.882. The molecule has 2 aliphatic rings. The lowest BCUT2D eigenvalue weighted by atomic mass is 10.1. The van der Waals surface area contributed by atoms with Crippen LogP contribution in [0.3, 0.4) is 0 Å². The van der Waals surface area contributed by atoms with Crippen LogP contribution < -0.4 is 9.47 Å². The number of carbonyl (C=O) groups is 2. The van der Waals surface area contributed by atoms with Crippen molar-refractivity contribution < 1.29 is 19.1 Å². The molecule has 0 aliphatic carbocycles. The summed E-state index contributed by atoms with van der Waals surface area (Å²) in [6.45, 7) is 3.06. The SMILES string of the molecule is CCOc1cc(/C=C2/C(=O)N=C3CCCCCN32)ccc1OC(=O)c1ccc(Cl)cc1. The van der Waals surface area contributed by atoms with Crippen molar-refractivity contribution in [2.45, 2.75) is 32.6 Å². The van der Waals surface area contributed by atoms with Crippen LogP contribution in [-0.2, 0) is 4.79 Å². The molecule has 0 unspecified atom stereocenters. The fourth-order valence-electron chi connectivity index (χ4n) is 3.67. The molecule has 1 amide bonds. The molecule has 31 heavy (non-hydrogen) atoms. The summed E-state index contributed by atoms with van der Waals surface area (Å²) >= 11 is 5.88. The maximum absolute atomic E-state index is 12.5. The van der Waals surface area contributed by atoms with Gasteiger partial charge in [-0.2, -0.15) is 4.99 Å². The first-order valence-corrected chi connectivity index (χ1v) is 10.8. The highest BCUT2D eigenvalue weighted by Crippen LogP contribution is 2.32. The number of carbonyl (C=O) groups excluding carboxylic acids is 2. The summed E-state index contributed by atoms with van der Waals surface area (Å²) in [6.07, 6.45) is 5.87. The molecule has 2 aromatic rings. The predicted molar refractivity (Wildman–Crippen MR) is 120 cm³/mol. The topological polar surface area (TPSA) is 68.2 Å². The lowest BCUT2D eigenvalue weighted by Crippen LogP contribution is -2.26. The largest absolute Gasteiger partial charge is 0.490 e. The number of amidine groups is 1. The Morgan fingerprint density at radius 3 is 2.71 bits per heavy atom. The molecule has 1 fully saturated rings. The molecule has 6 nitrogen and oxygen atoms in total. The van der Waals surface area contributed by atoms with Gasteiger partial charge in [-0.25, -0.2) is 4.79 Å². The van der Waals surface area contributed by atoms with Gasteiger partial charge in [-0.1, -0.05) is 24.1 Å². The Labute approximate surface area is 186 Å². The van der Waals surface area contributed by atoms with E-state index in [2.05, 4.69) is 4.99 Å². The van der Waals surface area contributed by atoms with Crippen molar-refractivity contribution in [3.63, 3.8) is 0 Å². The fourth-order valence-corrected chi connectivity index (χ4v) is 3.79. The zero-order valence-corrected chi connectivity index (χ0v) is 18.0. The lowest BCUT2D eigenvalue weighted by molar-refractivity contribution is -0.114. The summed E-state index contributed by atoms with van der Waals surface area (Å²) in [6, 6.07) is 11.7. The number of esters is 1. The van der Waals surface area contributed by atoms with Crippen LogP contribution >= 0.6 is 11.6 Å². The van der Waals surface area contributed by atoms with Crippen LogP contribution in [0.25, 0.3) is 6.08 Å². The van der Waals surface area contributed by atoms with Gasteiger partial charge in [-0.3, -0.25) is 4.79 Å². The standard InChI is InChI=1S/C24H23ClN2O4/c1-2-30-21-15-16(14-19-23(28)26-22-6-4-3-5-13-27(19)22)7-12-20(21)31-24(29)17-8-10-18(25)11-9-17/h7-12,14-15H,2-6,13H2,1H3/b19-14-. The van der Waals surface area contributed by atoms with Crippen LogP contribution in [0.2, 0.25) is 5.02 Å². The molecular formula is C24H23ClN2O4. The number of hydrogen-bond donors (Lipinski definition) is 0. The third kappa shape index (κ3) is 4.80. The van der Waals surface area contributed by atoms with Gasteiger partial charge in [-0.15, -0.1) is 0 Å². The molecule has 0 atom stereocenters. The van der Waals surface area contributed by atoms with Gasteiger partial charge in [0.1, 0.15) is 11.5 Å². The Hall–Kier alpha value is -3.12. The zero-order chi connectivity index (χ0) is 21.8. The Morgan fingerprint density at radius 1 is 1.13 bits per heavy atom. The van der Waals surface area contributed by atoms with Gasteiger partial charge >= 0.3 is 5.97 Å². The van der Waals surface area contributed by atoms with Gasteiger partial charge in [0.2, 0.25) is 0 Å². The first kappa shape index (κ1) is 21.1. The van der Waals surface area contributed by atoms with Crippen LogP contribution in [0.4, 0.5) is 0 Å². The number of aliphatic imine (C=N–C) groups is 1. The van der Waals surface area contributed by atoms with E-state index in [9.17, 15) is 9.59 Å². The van der Waals surface area contributed by atoms with Crippen molar-refractivity contribution >= 4 is 35.4 Å². The van der Waals surface area contributed by atoms with Gasteiger partial charge in [0.05, 0.1) is 12.2 Å². The number of fused-ring (bicyclic) bond motifs is 1. The summed E-state index contributed by atoms with van der Waals surface area (Å²) in [7, 11) is 0. The van der Waals surface area contributed by atoms with Crippen molar-refractivity contribution in [2.24, 2.45) is 4.99 Å². The number of hydrogen-bond acceptors (Lipinski definition) is 5. The molecule has 0 N–H and O–H groups in total. The minimum atomic E-state index is -0.502. The molecule has 7 heteroatoms. The van der Waals surface area contributed by atoms with E-state index in [1.807, 2.05) is 17.9 Å². The smallest absolute Gasteiger partial charge is 0.343 e. The highest BCUT2D eigenvalue weighted by Gasteiger charge is 2.30. The van der Waals surface area contributed by atoms with Gasteiger partial charge in [-0.05, 0) is 67.8 Å². The van der Waals surface area contributed by atoms with Crippen LogP contribution in [-0.4, -0.2) is 35.8 Å². The number of ether oxygens (including phenoxy) is 2. The molecular weight excluding hydrogens is 416 g/mol.